The van der Waals surface area contributed by atoms with Gasteiger partial charge < -0.3 is 0 Å². The molecule has 0 bridgehead atoms. The van der Waals surface area contributed by atoms with Crippen molar-refractivity contribution in [3.8, 4) is 20.9 Å². The molecule has 2 nitrogen and oxygen atoms in total. The van der Waals surface area contributed by atoms with Gasteiger partial charge in [-0.2, -0.15) is 0 Å². The Morgan fingerprint density at radius 1 is 0.528 bits per heavy atom. The molecule has 0 aliphatic rings. The normalized spacial score (nSPS) is 11.6. The predicted octanol–water partition coefficient (Wildman–Crippen LogP) is 10.5. The first-order valence-electron chi connectivity index (χ1n) is 13.6. The molecule has 0 radical (unpaired) electrons. The van der Waals surface area contributed by atoms with Crippen LogP contribution in [0.3, 0.4) is 0 Å². The molecule has 0 N–H and O–H groups in total. The molecule has 5 aromatic rings. The topological polar surface area (TPSA) is 25.8 Å². The highest BCUT2D eigenvalue weighted by molar-refractivity contribution is 7.23. The van der Waals surface area contributed by atoms with Crippen LogP contribution in [0, 0.1) is 0 Å². The molecule has 0 amide bonds. The Morgan fingerprint density at radius 2 is 0.972 bits per heavy atom. The second-order valence-corrected chi connectivity index (χ2v) is 11.9. The summed E-state index contributed by atoms with van der Waals surface area (Å²) in [4.78, 5) is 14.5. The second kappa shape index (κ2) is 12.1. The van der Waals surface area contributed by atoms with Crippen molar-refractivity contribution in [2.45, 2.75) is 78.1 Å². The van der Waals surface area contributed by atoms with Crippen molar-refractivity contribution >= 4 is 43.4 Å². The minimum Gasteiger partial charge on any atom is -0.243 e. The highest BCUT2D eigenvalue weighted by Gasteiger charge is 2.12. The third kappa shape index (κ3) is 6.04. The monoisotopic (exact) mass is 512 g/mol. The summed E-state index contributed by atoms with van der Waals surface area (Å²) >= 11 is 3.49. The van der Waals surface area contributed by atoms with Crippen molar-refractivity contribution in [2.24, 2.45) is 0 Å². The first-order chi connectivity index (χ1) is 17.7. The number of aromatic nitrogens is 2. The SMILES string of the molecule is CCCCCCc1ccc(-c2cc3nc4cc(-c5ccc(CCCCCC)cc5)sc4nc3s2)cc1. The standard InChI is InChI=1S/C32H36N2S2/c1-3-5-7-9-11-23-13-17-25(18-14-23)29-21-27-31(35-29)34-32-28(33-27)22-30(36-32)26-19-15-24(16-20-26)12-10-8-6-4-2/h13-22H,3-12H2,1-2H3. The van der Waals surface area contributed by atoms with Crippen LogP contribution >= 0.6 is 22.7 Å². The number of unbranched alkanes of at least 4 members (excludes halogenated alkanes) is 6. The Morgan fingerprint density at radius 3 is 1.39 bits per heavy atom. The Balaban J connectivity index is 1.29. The largest absolute Gasteiger partial charge is 0.243 e. The quantitative estimate of drug-likeness (QED) is 0.155. The molecule has 0 aliphatic heterocycles. The lowest BCUT2D eigenvalue weighted by Gasteiger charge is -2.03. The average molecular weight is 513 g/mol. The molecule has 0 unspecified atom stereocenters. The Kier molecular flexibility index (Phi) is 8.45. The van der Waals surface area contributed by atoms with E-state index >= 15 is 0 Å². The number of thiophene rings is 2. The molecule has 0 saturated carbocycles. The zero-order chi connectivity index (χ0) is 24.7. The van der Waals surface area contributed by atoms with Gasteiger partial charge in [-0.1, -0.05) is 101 Å². The Labute approximate surface area is 223 Å². The number of benzene rings is 2. The Bertz CT molecular complexity index is 1240. The maximum absolute atomic E-state index is 5.00. The van der Waals surface area contributed by atoms with Crippen LogP contribution in [0.2, 0.25) is 0 Å². The summed E-state index contributed by atoms with van der Waals surface area (Å²) in [7, 11) is 0. The highest BCUT2D eigenvalue weighted by Crippen LogP contribution is 2.37. The third-order valence-corrected chi connectivity index (χ3v) is 9.08. The van der Waals surface area contributed by atoms with Gasteiger partial charge in [-0.25, -0.2) is 9.97 Å². The lowest BCUT2D eigenvalue weighted by Crippen LogP contribution is -1.85. The van der Waals surface area contributed by atoms with Gasteiger partial charge >= 0.3 is 0 Å². The van der Waals surface area contributed by atoms with E-state index in [2.05, 4.69) is 74.5 Å². The Hall–Kier alpha value is -2.56. The van der Waals surface area contributed by atoms with Crippen molar-refractivity contribution in [3.63, 3.8) is 0 Å². The smallest absolute Gasteiger partial charge is 0.144 e. The summed E-state index contributed by atoms with van der Waals surface area (Å²) in [6.45, 7) is 4.53. The fourth-order valence-electron chi connectivity index (χ4n) is 4.75. The van der Waals surface area contributed by atoms with Crippen molar-refractivity contribution in [3.05, 3.63) is 71.8 Å². The number of rotatable bonds is 12. The molecule has 5 rings (SSSR count). The molecule has 2 aromatic carbocycles. The van der Waals surface area contributed by atoms with Crippen LogP contribution in [-0.2, 0) is 12.8 Å². The maximum Gasteiger partial charge on any atom is 0.144 e. The van der Waals surface area contributed by atoms with E-state index in [0.717, 1.165) is 20.7 Å². The number of fused-ring (bicyclic) bond motifs is 2. The molecule has 0 saturated heterocycles. The van der Waals surface area contributed by atoms with Crippen LogP contribution in [0.1, 0.15) is 76.3 Å². The van der Waals surface area contributed by atoms with E-state index in [1.165, 1.54) is 96.2 Å². The average Bonchev–Trinajstić information content (AvgIpc) is 3.52. The molecule has 3 aromatic heterocycles. The van der Waals surface area contributed by atoms with Crippen molar-refractivity contribution in [1.29, 1.82) is 0 Å². The number of nitrogens with zero attached hydrogens (tertiary/aromatic N) is 2. The summed E-state index contributed by atoms with van der Waals surface area (Å²) < 4.78 is 0. The molecule has 0 aliphatic carbocycles. The van der Waals surface area contributed by atoms with Gasteiger partial charge in [0.25, 0.3) is 0 Å². The lowest BCUT2D eigenvalue weighted by molar-refractivity contribution is 0.667. The van der Waals surface area contributed by atoms with Crippen LogP contribution < -0.4 is 0 Å². The number of hydrogen-bond acceptors (Lipinski definition) is 4. The molecule has 4 heteroatoms. The van der Waals surface area contributed by atoms with Crippen molar-refractivity contribution in [1.82, 2.24) is 9.97 Å². The maximum atomic E-state index is 5.00. The van der Waals surface area contributed by atoms with Crippen molar-refractivity contribution in [2.75, 3.05) is 0 Å². The third-order valence-electron chi connectivity index (χ3n) is 6.95. The molecule has 0 atom stereocenters. The molecule has 0 fully saturated rings. The first kappa shape index (κ1) is 25.1. The van der Waals surface area contributed by atoms with E-state index in [0.29, 0.717) is 0 Å². The minimum atomic E-state index is 0.998. The number of hydrogen-bond donors (Lipinski definition) is 0. The molecule has 36 heavy (non-hydrogen) atoms. The zero-order valence-corrected chi connectivity index (χ0v) is 23.2. The first-order valence-corrected chi connectivity index (χ1v) is 15.3. The minimum absolute atomic E-state index is 0.998. The summed E-state index contributed by atoms with van der Waals surface area (Å²) in [5.74, 6) is 0. The van der Waals surface area contributed by atoms with Gasteiger partial charge in [0, 0.05) is 9.75 Å². The van der Waals surface area contributed by atoms with Gasteiger partial charge in [0.05, 0.1) is 0 Å². The van der Waals surface area contributed by atoms with E-state index in [-0.39, 0.29) is 0 Å². The van der Waals surface area contributed by atoms with E-state index in [1.807, 2.05) is 0 Å². The van der Waals surface area contributed by atoms with Crippen LogP contribution in [0.15, 0.2) is 60.7 Å². The molecule has 3 heterocycles. The summed E-state index contributed by atoms with van der Waals surface area (Å²) in [6, 6.07) is 22.6. The van der Waals surface area contributed by atoms with Gasteiger partial charge in [-0.3, -0.25) is 0 Å². The van der Waals surface area contributed by atoms with E-state index in [9.17, 15) is 0 Å². The molecule has 186 valence electrons. The molecule has 0 spiro atoms. The fraction of sp³-hybridized carbons (Fsp3) is 0.375. The zero-order valence-electron chi connectivity index (χ0n) is 21.6. The van der Waals surface area contributed by atoms with Crippen LogP contribution in [0.4, 0.5) is 0 Å². The predicted molar refractivity (Wildman–Crippen MR) is 159 cm³/mol. The van der Waals surface area contributed by atoms with Gasteiger partial charge in [0.1, 0.15) is 20.7 Å². The van der Waals surface area contributed by atoms with E-state index in [1.54, 1.807) is 22.7 Å². The van der Waals surface area contributed by atoms with Gasteiger partial charge in [-0.05, 0) is 60.1 Å². The molecular weight excluding hydrogens is 477 g/mol. The van der Waals surface area contributed by atoms with Crippen molar-refractivity contribution < 1.29 is 0 Å². The lowest BCUT2D eigenvalue weighted by atomic mass is 10.0. The summed E-state index contributed by atoms with van der Waals surface area (Å²) in [5, 5.41) is 0. The second-order valence-electron chi connectivity index (χ2n) is 9.84. The summed E-state index contributed by atoms with van der Waals surface area (Å²) in [5.41, 5.74) is 7.39. The van der Waals surface area contributed by atoms with E-state index < -0.39 is 0 Å². The van der Waals surface area contributed by atoms with Gasteiger partial charge in [0.15, 0.2) is 0 Å². The van der Waals surface area contributed by atoms with Crippen LogP contribution in [-0.4, -0.2) is 9.97 Å². The van der Waals surface area contributed by atoms with Crippen LogP contribution in [0.25, 0.3) is 41.6 Å². The van der Waals surface area contributed by atoms with Gasteiger partial charge in [0.2, 0.25) is 0 Å². The fourth-order valence-corrected chi connectivity index (χ4v) is 6.77. The highest BCUT2D eigenvalue weighted by atomic mass is 32.1. The summed E-state index contributed by atoms with van der Waals surface area (Å²) in [6.07, 6.45) is 12.8. The molecular formula is C32H36N2S2. The van der Waals surface area contributed by atoms with E-state index in [4.69, 9.17) is 9.97 Å². The van der Waals surface area contributed by atoms with Crippen LogP contribution in [0.5, 0.6) is 0 Å². The van der Waals surface area contributed by atoms with Gasteiger partial charge in [-0.15, -0.1) is 22.7 Å². The number of aryl methyl sites for hydroxylation is 2.